The lowest BCUT2D eigenvalue weighted by molar-refractivity contribution is 0.0271. The monoisotopic (exact) mass is 206 g/mol. The summed E-state index contributed by atoms with van der Waals surface area (Å²) in [4.78, 5) is 0. The van der Waals surface area contributed by atoms with Crippen molar-refractivity contribution in [3.05, 3.63) is 29.8 Å². The molecule has 2 heteroatoms. The van der Waals surface area contributed by atoms with Crippen LogP contribution in [0, 0.1) is 0 Å². The molecule has 15 heavy (non-hydrogen) atoms. The maximum atomic E-state index is 5.74. The van der Waals surface area contributed by atoms with E-state index in [9.17, 15) is 0 Å². The Labute approximate surface area is 91.2 Å². The molecular formula is C13H18O2. The minimum atomic E-state index is -0.0492. The molecule has 1 aromatic carbocycles. The Kier molecular flexibility index (Phi) is 2.70. The van der Waals surface area contributed by atoms with Crippen LogP contribution < -0.4 is 4.74 Å². The van der Waals surface area contributed by atoms with Crippen molar-refractivity contribution in [3.63, 3.8) is 0 Å². The first-order valence-electron chi connectivity index (χ1n) is 5.41. The molecule has 0 saturated carbocycles. The Bertz CT molecular complexity index is 344. The number of rotatable bonds is 2. The van der Waals surface area contributed by atoms with Crippen molar-refractivity contribution in [2.75, 3.05) is 13.7 Å². The SMILES string of the molecule is COc1cccc(C2CCOC2(C)C)c1. The van der Waals surface area contributed by atoms with E-state index in [0.29, 0.717) is 5.92 Å². The van der Waals surface area contributed by atoms with Gasteiger partial charge in [0.15, 0.2) is 0 Å². The van der Waals surface area contributed by atoms with Crippen LogP contribution in [0.3, 0.4) is 0 Å². The van der Waals surface area contributed by atoms with Gasteiger partial charge in [0.05, 0.1) is 12.7 Å². The number of benzene rings is 1. The molecule has 0 radical (unpaired) electrons. The first-order chi connectivity index (χ1) is 7.13. The fraction of sp³-hybridized carbons (Fsp3) is 0.538. The molecule has 82 valence electrons. The molecule has 1 aromatic rings. The fourth-order valence-electron chi connectivity index (χ4n) is 2.31. The highest BCUT2D eigenvalue weighted by molar-refractivity contribution is 5.32. The number of hydrogen-bond acceptors (Lipinski definition) is 2. The zero-order valence-corrected chi connectivity index (χ0v) is 9.62. The third kappa shape index (κ3) is 2.00. The van der Waals surface area contributed by atoms with Crippen LogP contribution in [0.15, 0.2) is 24.3 Å². The van der Waals surface area contributed by atoms with Crippen LogP contribution in [0.25, 0.3) is 0 Å². The molecule has 1 aliphatic heterocycles. The molecule has 0 bridgehead atoms. The summed E-state index contributed by atoms with van der Waals surface area (Å²) in [6.45, 7) is 5.17. The van der Waals surface area contributed by atoms with Gasteiger partial charge >= 0.3 is 0 Å². The van der Waals surface area contributed by atoms with Crippen molar-refractivity contribution in [1.29, 1.82) is 0 Å². The zero-order chi connectivity index (χ0) is 10.9. The molecule has 1 saturated heterocycles. The van der Waals surface area contributed by atoms with E-state index < -0.39 is 0 Å². The summed E-state index contributed by atoms with van der Waals surface area (Å²) in [6.07, 6.45) is 1.10. The van der Waals surface area contributed by atoms with Crippen LogP contribution in [0.2, 0.25) is 0 Å². The Balaban J connectivity index is 2.29. The highest BCUT2D eigenvalue weighted by Crippen LogP contribution is 2.40. The maximum absolute atomic E-state index is 5.74. The number of hydrogen-bond donors (Lipinski definition) is 0. The summed E-state index contributed by atoms with van der Waals surface area (Å²) >= 11 is 0. The van der Waals surface area contributed by atoms with Crippen molar-refractivity contribution < 1.29 is 9.47 Å². The third-order valence-electron chi connectivity index (χ3n) is 3.22. The first-order valence-corrected chi connectivity index (χ1v) is 5.41. The molecule has 0 N–H and O–H groups in total. The Morgan fingerprint density at radius 2 is 2.20 bits per heavy atom. The summed E-state index contributed by atoms with van der Waals surface area (Å²) in [5.41, 5.74) is 1.27. The Hall–Kier alpha value is -1.02. The van der Waals surface area contributed by atoms with E-state index in [1.807, 2.05) is 12.1 Å². The summed E-state index contributed by atoms with van der Waals surface area (Å²) in [7, 11) is 1.70. The zero-order valence-electron chi connectivity index (χ0n) is 9.62. The van der Waals surface area contributed by atoms with Gasteiger partial charge < -0.3 is 9.47 Å². The summed E-state index contributed by atoms with van der Waals surface area (Å²) in [6, 6.07) is 8.29. The standard InChI is InChI=1S/C13H18O2/c1-13(2)12(7-8-15-13)10-5-4-6-11(9-10)14-3/h4-6,9,12H,7-8H2,1-3H3. The highest BCUT2D eigenvalue weighted by Gasteiger charge is 2.36. The van der Waals surface area contributed by atoms with E-state index in [0.717, 1.165) is 18.8 Å². The molecule has 1 aliphatic rings. The quantitative estimate of drug-likeness (QED) is 0.740. The average molecular weight is 206 g/mol. The molecule has 0 aliphatic carbocycles. The molecule has 1 unspecified atom stereocenters. The van der Waals surface area contributed by atoms with E-state index in [2.05, 4.69) is 26.0 Å². The largest absolute Gasteiger partial charge is 0.497 e. The lowest BCUT2D eigenvalue weighted by Crippen LogP contribution is -2.25. The van der Waals surface area contributed by atoms with E-state index in [1.165, 1.54) is 5.56 Å². The minimum Gasteiger partial charge on any atom is -0.497 e. The molecule has 0 spiro atoms. The van der Waals surface area contributed by atoms with Gasteiger partial charge in [-0.3, -0.25) is 0 Å². The normalized spacial score (nSPS) is 24.1. The van der Waals surface area contributed by atoms with Gasteiger partial charge in [0.25, 0.3) is 0 Å². The second-order valence-corrected chi connectivity index (χ2v) is 4.57. The number of ether oxygens (including phenoxy) is 2. The van der Waals surface area contributed by atoms with Gasteiger partial charge in [-0.05, 0) is 38.0 Å². The average Bonchev–Trinajstić information content (AvgIpc) is 2.58. The van der Waals surface area contributed by atoms with E-state index >= 15 is 0 Å². The highest BCUT2D eigenvalue weighted by atomic mass is 16.5. The van der Waals surface area contributed by atoms with E-state index in [-0.39, 0.29) is 5.60 Å². The van der Waals surface area contributed by atoms with E-state index in [1.54, 1.807) is 7.11 Å². The minimum absolute atomic E-state index is 0.0492. The van der Waals surface area contributed by atoms with Gasteiger partial charge in [-0.25, -0.2) is 0 Å². The molecular weight excluding hydrogens is 188 g/mol. The van der Waals surface area contributed by atoms with Gasteiger partial charge in [0.1, 0.15) is 5.75 Å². The van der Waals surface area contributed by atoms with Crippen molar-refractivity contribution in [2.24, 2.45) is 0 Å². The van der Waals surface area contributed by atoms with Crippen molar-refractivity contribution >= 4 is 0 Å². The van der Waals surface area contributed by atoms with Crippen molar-refractivity contribution in [2.45, 2.75) is 31.8 Å². The number of methoxy groups -OCH3 is 1. The Morgan fingerprint density at radius 3 is 2.80 bits per heavy atom. The van der Waals surface area contributed by atoms with Crippen LogP contribution in [0.1, 0.15) is 31.7 Å². The summed E-state index contributed by atoms with van der Waals surface area (Å²) in [5.74, 6) is 1.41. The van der Waals surface area contributed by atoms with Gasteiger partial charge in [-0.2, -0.15) is 0 Å². The molecule has 1 atom stereocenters. The first kappa shape index (κ1) is 10.5. The second kappa shape index (κ2) is 3.86. The molecule has 0 amide bonds. The smallest absolute Gasteiger partial charge is 0.119 e. The van der Waals surface area contributed by atoms with Crippen LogP contribution in [-0.2, 0) is 4.74 Å². The lowest BCUT2D eigenvalue weighted by Gasteiger charge is -2.26. The van der Waals surface area contributed by atoms with Crippen LogP contribution >= 0.6 is 0 Å². The molecule has 2 rings (SSSR count). The van der Waals surface area contributed by atoms with E-state index in [4.69, 9.17) is 9.47 Å². The Morgan fingerprint density at radius 1 is 1.40 bits per heavy atom. The molecule has 1 fully saturated rings. The van der Waals surface area contributed by atoms with Crippen LogP contribution in [0.4, 0.5) is 0 Å². The van der Waals surface area contributed by atoms with Crippen molar-refractivity contribution in [3.8, 4) is 5.75 Å². The second-order valence-electron chi connectivity index (χ2n) is 4.57. The predicted molar refractivity (Wildman–Crippen MR) is 60.4 cm³/mol. The molecule has 2 nitrogen and oxygen atoms in total. The van der Waals surface area contributed by atoms with Crippen molar-refractivity contribution in [1.82, 2.24) is 0 Å². The maximum Gasteiger partial charge on any atom is 0.119 e. The van der Waals surface area contributed by atoms with Crippen LogP contribution in [0.5, 0.6) is 5.75 Å². The fourth-order valence-corrected chi connectivity index (χ4v) is 2.31. The van der Waals surface area contributed by atoms with Gasteiger partial charge in [0.2, 0.25) is 0 Å². The van der Waals surface area contributed by atoms with Crippen LogP contribution in [-0.4, -0.2) is 19.3 Å². The van der Waals surface area contributed by atoms with Gasteiger partial charge in [-0.1, -0.05) is 12.1 Å². The topological polar surface area (TPSA) is 18.5 Å². The van der Waals surface area contributed by atoms with Gasteiger partial charge in [0, 0.05) is 12.5 Å². The molecule has 1 heterocycles. The summed E-state index contributed by atoms with van der Waals surface area (Å²) in [5, 5.41) is 0. The third-order valence-corrected chi connectivity index (χ3v) is 3.22. The van der Waals surface area contributed by atoms with Gasteiger partial charge in [-0.15, -0.1) is 0 Å². The molecule has 0 aromatic heterocycles. The lowest BCUT2D eigenvalue weighted by atomic mass is 9.84. The predicted octanol–water partition coefficient (Wildman–Crippen LogP) is 2.98. The summed E-state index contributed by atoms with van der Waals surface area (Å²) < 4.78 is 11.0.